The van der Waals surface area contributed by atoms with E-state index in [4.69, 9.17) is 9.15 Å². The molecule has 0 radical (unpaired) electrons. The normalized spacial score (nSPS) is 13.2. The number of anilines is 1. The van der Waals surface area contributed by atoms with Crippen LogP contribution in [0.15, 0.2) is 4.42 Å². The van der Waals surface area contributed by atoms with Crippen LogP contribution in [0.5, 0.6) is 0 Å². The second-order valence-electron chi connectivity index (χ2n) is 4.18. The molecule has 0 aromatic carbocycles. The minimum absolute atomic E-state index is 0.0609. The molecule has 11 heteroatoms. The number of ether oxygens (including phenoxy) is 2. The molecule has 1 N–H and O–H groups in total. The summed E-state index contributed by atoms with van der Waals surface area (Å²) in [5.74, 6) is -2.43. The lowest BCUT2D eigenvalue weighted by Crippen LogP contribution is -2.25. The maximum Gasteiger partial charge on any atom is 0.376 e. The van der Waals surface area contributed by atoms with Gasteiger partial charge in [-0.15, -0.1) is 0 Å². The SMILES string of the molecule is CCOC(=O)c1oc(NS(=O)(=O)CC(C)OC)nc1C(F)F. The average molecular weight is 342 g/mol. The minimum Gasteiger partial charge on any atom is -0.460 e. The number of nitrogens with one attached hydrogen (secondary N) is 1. The predicted molar refractivity (Wildman–Crippen MR) is 71.3 cm³/mol. The number of oxazole rings is 1. The molecule has 1 heterocycles. The van der Waals surface area contributed by atoms with Gasteiger partial charge in [0.1, 0.15) is 0 Å². The van der Waals surface area contributed by atoms with E-state index in [1.807, 2.05) is 4.72 Å². The van der Waals surface area contributed by atoms with Gasteiger partial charge in [-0.05, 0) is 13.8 Å². The first kappa shape index (κ1) is 18.3. The summed E-state index contributed by atoms with van der Waals surface area (Å²) >= 11 is 0. The van der Waals surface area contributed by atoms with Gasteiger partial charge in [0.25, 0.3) is 6.43 Å². The zero-order chi connectivity index (χ0) is 16.9. The molecule has 0 aliphatic carbocycles. The van der Waals surface area contributed by atoms with Crippen LogP contribution in [0, 0.1) is 0 Å². The van der Waals surface area contributed by atoms with Crippen molar-refractivity contribution >= 4 is 22.0 Å². The number of halogens is 2. The van der Waals surface area contributed by atoms with Crippen molar-refractivity contribution in [2.24, 2.45) is 0 Å². The van der Waals surface area contributed by atoms with Gasteiger partial charge in [-0.25, -0.2) is 26.7 Å². The lowest BCUT2D eigenvalue weighted by atomic mass is 10.3. The second kappa shape index (κ2) is 7.49. The molecular formula is C11H16F2N2O6S. The highest BCUT2D eigenvalue weighted by molar-refractivity contribution is 7.92. The van der Waals surface area contributed by atoms with Crippen LogP contribution >= 0.6 is 0 Å². The Bertz CT molecular complexity index is 616. The van der Waals surface area contributed by atoms with Gasteiger partial charge in [-0.3, -0.25) is 0 Å². The smallest absolute Gasteiger partial charge is 0.376 e. The Morgan fingerprint density at radius 3 is 2.59 bits per heavy atom. The topological polar surface area (TPSA) is 108 Å². The maximum atomic E-state index is 12.8. The molecule has 0 aliphatic heterocycles. The number of sulfonamides is 1. The maximum absolute atomic E-state index is 12.8. The van der Waals surface area contributed by atoms with E-state index in [1.54, 1.807) is 0 Å². The van der Waals surface area contributed by atoms with Crippen LogP contribution in [0.2, 0.25) is 0 Å². The third kappa shape index (κ3) is 4.91. The van der Waals surface area contributed by atoms with Crippen molar-refractivity contribution in [1.82, 2.24) is 4.98 Å². The number of hydrogen-bond donors (Lipinski definition) is 1. The first-order chi connectivity index (χ1) is 10.2. The van der Waals surface area contributed by atoms with Crippen molar-refractivity contribution < 1.29 is 35.9 Å². The molecule has 1 unspecified atom stereocenters. The Balaban J connectivity index is 3.02. The Hall–Kier alpha value is -1.75. The van der Waals surface area contributed by atoms with E-state index in [1.165, 1.54) is 21.0 Å². The number of carbonyl (C=O) groups excluding carboxylic acids is 1. The number of esters is 1. The number of carbonyl (C=O) groups is 1. The molecule has 0 amide bonds. The molecular weight excluding hydrogens is 326 g/mol. The van der Waals surface area contributed by atoms with Gasteiger partial charge in [0.15, 0.2) is 5.69 Å². The average Bonchev–Trinajstić information content (AvgIpc) is 2.81. The largest absolute Gasteiger partial charge is 0.460 e. The minimum atomic E-state index is -3.94. The van der Waals surface area contributed by atoms with Gasteiger partial charge in [0.2, 0.25) is 15.8 Å². The summed E-state index contributed by atoms with van der Waals surface area (Å²) in [6.45, 7) is 2.92. The molecule has 1 aromatic rings. The van der Waals surface area contributed by atoms with Crippen molar-refractivity contribution in [2.75, 3.05) is 24.2 Å². The molecule has 0 spiro atoms. The highest BCUT2D eigenvalue weighted by Crippen LogP contribution is 2.26. The van der Waals surface area contributed by atoms with Crippen molar-refractivity contribution in [3.8, 4) is 0 Å². The zero-order valence-corrected chi connectivity index (χ0v) is 12.9. The molecule has 126 valence electrons. The first-order valence-electron chi connectivity index (χ1n) is 6.19. The zero-order valence-electron chi connectivity index (χ0n) is 12.1. The van der Waals surface area contributed by atoms with E-state index >= 15 is 0 Å². The molecule has 0 aliphatic rings. The Morgan fingerprint density at radius 2 is 2.09 bits per heavy atom. The lowest BCUT2D eigenvalue weighted by molar-refractivity contribution is 0.0476. The van der Waals surface area contributed by atoms with Gasteiger partial charge >= 0.3 is 12.0 Å². The summed E-state index contributed by atoms with van der Waals surface area (Å²) in [5.41, 5.74) is -0.990. The predicted octanol–water partition coefficient (Wildman–Crippen LogP) is 1.57. The fourth-order valence-electron chi connectivity index (χ4n) is 1.42. The molecule has 8 nitrogen and oxygen atoms in total. The van der Waals surface area contributed by atoms with E-state index in [9.17, 15) is 22.0 Å². The third-order valence-corrected chi connectivity index (χ3v) is 3.81. The van der Waals surface area contributed by atoms with Gasteiger partial charge in [0, 0.05) is 7.11 Å². The summed E-state index contributed by atoms with van der Waals surface area (Å²) in [5, 5.41) is 0. The first-order valence-corrected chi connectivity index (χ1v) is 7.84. The summed E-state index contributed by atoms with van der Waals surface area (Å²) < 4.78 is 65.1. The summed E-state index contributed by atoms with van der Waals surface area (Å²) in [7, 11) is -2.62. The Kier molecular flexibility index (Phi) is 6.23. The van der Waals surface area contributed by atoms with Gasteiger partial charge in [0.05, 0.1) is 18.5 Å². The molecule has 1 rings (SSSR count). The van der Waals surface area contributed by atoms with E-state index in [0.29, 0.717) is 0 Å². The van der Waals surface area contributed by atoms with Crippen LogP contribution in [0.3, 0.4) is 0 Å². The van der Waals surface area contributed by atoms with E-state index < -0.39 is 51.7 Å². The van der Waals surface area contributed by atoms with Gasteiger partial charge in [-0.1, -0.05) is 0 Å². The third-order valence-electron chi connectivity index (χ3n) is 2.42. The van der Waals surface area contributed by atoms with Crippen LogP contribution in [-0.4, -0.2) is 44.9 Å². The Morgan fingerprint density at radius 1 is 1.45 bits per heavy atom. The van der Waals surface area contributed by atoms with Gasteiger partial charge in [-0.2, -0.15) is 4.98 Å². The van der Waals surface area contributed by atoms with Crippen LogP contribution < -0.4 is 4.72 Å². The number of hydrogen-bond acceptors (Lipinski definition) is 7. The number of alkyl halides is 2. The highest BCUT2D eigenvalue weighted by Gasteiger charge is 2.29. The molecule has 1 atom stereocenters. The van der Waals surface area contributed by atoms with Crippen molar-refractivity contribution in [3.05, 3.63) is 11.5 Å². The number of nitrogens with zero attached hydrogens (tertiary/aromatic N) is 1. The Labute approximate surface area is 125 Å². The second-order valence-corrected chi connectivity index (χ2v) is 5.95. The van der Waals surface area contributed by atoms with Crippen LogP contribution in [0.25, 0.3) is 0 Å². The van der Waals surface area contributed by atoms with Crippen LogP contribution in [0.1, 0.15) is 36.5 Å². The highest BCUT2D eigenvalue weighted by atomic mass is 32.2. The van der Waals surface area contributed by atoms with Crippen LogP contribution in [-0.2, 0) is 19.5 Å². The van der Waals surface area contributed by atoms with Crippen molar-refractivity contribution in [3.63, 3.8) is 0 Å². The van der Waals surface area contributed by atoms with Crippen LogP contribution in [0.4, 0.5) is 14.8 Å². The molecule has 0 saturated carbocycles. The lowest BCUT2D eigenvalue weighted by Gasteiger charge is -2.09. The van der Waals surface area contributed by atoms with E-state index in [2.05, 4.69) is 9.72 Å². The van der Waals surface area contributed by atoms with Crippen molar-refractivity contribution in [1.29, 1.82) is 0 Å². The summed E-state index contributed by atoms with van der Waals surface area (Å²) in [4.78, 5) is 14.8. The standard InChI is InChI=1S/C11H16F2N2O6S/c1-4-20-10(16)8-7(9(12)13)14-11(21-8)15-22(17,18)5-6(2)19-3/h6,9H,4-5H2,1-3H3,(H,14,15). The van der Waals surface area contributed by atoms with E-state index in [-0.39, 0.29) is 6.61 Å². The summed E-state index contributed by atoms with van der Waals surface area (Å²) in [6, 6.07) is -0.735. The number of aromatic nitrogens is 1. The van der Waals surface area contributed by atoms with E-state index in [0.717, 1.165) is 0 Å². The number of rotatable bonds is 8. The monoisotopic (exact) mass is 342 g/mol. The van der Waals surface area contributed by atoms with Gasteiger partial charge < -0.3 is 13.9 Å². The number of methoxy groups -OCH3 is 1. The fourth-order valence-corrected chi connectivity index (χ4v) is 2.61. The molecule has 1 aromatic heterocycles. The molecule has 22 heavy (non-hydrogen) atoms. The molecule has 0 bridgehead atoms. The fraction of sp³-hybridized carbons (Fsp3) is 0.636. The van der Waals surface area contributed by atoms with Crippen molar-refractivity contribution in [2.45, 2.75) is 26.4 Å². The quantitative estimate of drug-likeness (QED) is 0.714. The summed E-state index contributed by atoms with van der Waals surface area (Å²) in [6.07, 6.45) is -3.76. The molecule has 0 saturated heterocycles. The molecule has 0 fully saturated rings.